The van der Waals surface area contributed by atoms with E-state index in [4.69, 9.17) is 0 Å². The van der Waals surface area contributed by atoms with Crippen molar-refractivity contribution in [2.45, 2.75) is 25.8 Å². The summed E-state index contributed by atoms with van der Waals surface area (Å²) in [6.07, 6.45) is 11.6. The van der Waals surface area contributed by atoms with E-state index in [-0.39, 0.29) is 5.91 Å². The third-order valence-electron chi connectivity index (χ3n) is 6.19. The number of carbonyl (C=O) groups excluding carboxylic acids is 1. The number of likely N-dealkylation sites (tertiary alicyclic amines) is 1. The third-order valence-corrected chi connectivity index (χ3v) is 6.19. The molecule has 2 aromatic heterocycles. The SMILES string of the molecule is C=CCNC(=O)[C@]1(Cc2ccccc2-c2cccnc2)CCCN(Cc2cccnc2)C1. The second-order valence-corrected chi connectivity index (χ2v) is 8.53. The first-order valence-electron chi connectivity index (χ1n) is 11.2. The van der Waals surface area contributed by atoms with E-state index in [1.165, 1.54) is 11.1 Å². The van der Waals surface area contributed by atoms with E-state index in [9.17, 15) is 4.79 Å². The van der Waals surface area contributed by atoms with E-state index in [1.807, 2.05) is 30.6 Å². The number of nitrogens with zero attached hydrogens (tertiary/aromatic N) is 3. The fourth-order valence-electron chi connectivity index (χ4n) is 4.72. The Morgan fingerprint density at radius 2 is 1.91 bits per heavy atom. The minimum atomic E-state index is -0.498. The molecular weight excluding hydrogens is 396 g/mol. The van der Waals surface area contributed by atoms with Gasteiger partial charge in [-0.25, -0.2) is 0 Å². The lowest BCUT2D eigenvalue weighted by Gasteiger charge is -2.42. The van der Waals surface area contributed by atoms with E-state index < -0.39 is 5.41 Å². The topological polar surface area (TPSA) is 58.1 Å². The summed E-state index contributed by atoms with van der Waals surface area (Å²) in [5, 5.41) is 3.10. The van der Waals surface area contributed by atoms with Gasteiger partial charge in [-0.2, -0.15) is 0 Å². The van der Waals surface area contributed by atoms with Crippen molar-refractivity contribution in [3.8, 4) is 11.1 Å². The largest absolute Gasteiger partial charge is 0.352 e. The molecule has 1 atom stereocenters. The average molecular weight is 427 g/mol. The number of aromatic nitrogens is 2. The fourth-order valence-corrected chi connectivity index (χ4v) is 4.72. The van der Waals surface area contributed by atoms with Gasteiger partial charge in [0.2, 0.25) is 5.91 Å². The molecule has 5 heteroatoms. The van der Waals surface area contributed by atoms with E-state index in [0.717, 1.165) is 37.1 Å². The van der Waals surface area contributed by atoms with Gasteiger partial charge >= 0.3 is 0 Å². The maximum absolute atomic E-state index is 13.5. The van der Waals surface area contributed by atoms with Gasteiger partial charge in [-0.15, -0.1) is 6.58 Å². The Bertz CT molecular complexity index is 1040. The summed E-state index contributed by atoms with van der Waals surface area (Å²) in [4.78, 5) is 24.5. The van der Waals surface area contributed by atoms with Gasteiger partial charge in [0.1, 0.15) is 0 Å². The number of amides is 1. The standard InChI is InChI=1S/C27H30N4O/c1-2-13-30-26(32)27(12-7-16-31(21-27)20-22-8-5-14-28-18-22)17-23-9-3-4-11-25(23)24-10-6-15-29-19-24/h2-6,8-11,14-15,18-19H,1,7,12-13,16-17,20-21H2,(H,30,32)/t27-/m0/s1. The molecule has 0 bridgehead atoms. The maximum Gasteiger partial charge on any atom is 0.228 e. The number of pyridine rings is 2. The van der Waals surface area contributed by atoms with Crippen molar-refractivity contribution in [2.75, 3.05) is 19.6 Å². The van der Waals surface area contributed by atoms with Gasteiger partial charge in [-0.05, 0) is 54.6 Å². The molecule has 5 nitrogen and oxygen atoms in total. The molecule has 3 aromatic rings. The van der Waals surface area contributed by atoms with Crippen molar-refractivity contribution < 1.29 is 4.79 Å². The molecule has 4 rings (SSSR count). The number of carbonyl (C=O) groups is 1. The van der Waals surface area contributed by atoms with Crippen molar-refractivity contribution in [3.05, 3.63) is 97.1 Å². The molecule has 0 saturated carbocycles. The minimum absolute atomic E-state index is 0.106. The summed E-state index contributed by atoms with van der Waals surface area (Å²) in [5.41, 5.74) is 4.07. The van der Waals surface area contributed by atoms with Crippen LogP contribution in [0.5, 0.6) is 0 Å². The van der Waals surface area contributed by atoms with Gasteiger partial charge in [-0.1, -0.05) is 42.5 Å². The zero-order chi connectivity index (χ0) is 22.2. The molecule has 3 heterocycles. The van der Waals surface area contributed by atoms with Gasteiger partial charge in [0.05, 0.1) is 5.41 Å². The van der Waals surface area contributed by atoms with Crippen molar-refractivity contribution in [3.63, 3.8) is 0 Å². The molecule has 0 spiro atoms. The molecule has 1 aliphatic heterocycles. The van der Waals surface area contributed by atoms with Crippen LogP contribution in [0, 0.1) is 5.41 Å². The zero-order valence-electron chi connectivity index (χ0n) is 18.4. The summed E-state index contributed by atoms with van der Waals surface area (Å²) in [5.74, 6) is 0.106. The summed E-state index contributed by atoms with van der Waals surface area (Å²) < 4.78 is 0. The Labute approximate surface area is 190 Å². The van der Waals surface area contributed by atoms with Gasteiger partial charge in [0.25, 0.3) is 0 Å². The highest BCUT2D eigenvalue weighted by Gasteiger charge is 2.42. The second-order valence-electron chi connectivity index (χ2n) is 8.53. The predicted molar refractivity (Wildman–Crippen MR) is 128 cm³/mol. The molecule has 164 valence electrons. The zero-order valence-corrected chi connectivity index (χ0v) is 18.4. The van der Waals surface area contributed by atoms with Crippen LogP contribution in [0.1, 0.15) is 24.0 Å². The number of hydrogen-bond donors (Lipinski definition) is 1. The average Bonchev–Trinajstić information content (AvgIpc) is 2.84. The molecule has 0 radical (unpaired) electrons. The fraction of sp³-hybridized carbons (Fsp3) is 0.296. The molecular formula is C27H30N4O. The number of piperidine rings is 1. The van der Waals surface area contributed by atoms with Crippen molar-refractivity contribution in [1.29, 1.82) is 0 Å². The van der Waals surface area contributed by atoms with Gasteiger partial charge in [0.15, 0.2) is 0 Å². The Morgan fingerprint density at radius 1 is 1.09 bits per heavy atom. The number of hydrogen-bond acceptors (Lipinski definition) is 4. The van der Waals surface area contributed by atoms with Crippen LogP contribution in [0.25, 0.3) is 11.1 Å². The first-order valence-corrected chi connectivity index (χ1v) is 11.2. The van der Waals surface area contributed by atoms with Crippen LogP contribution in [0.15, 0.2) is 86.0 Å². The van der Waals surface area contributed by atoms with Crippen LogP contribution in [0.2, 0.25) is 0 Å². The summed E-state index contributed by atoms with van der Waals surface area (Å²) in [7, 11) is 0. The highest BCUT2D eigenvalue weighted by atomic mass is 16.2. The molecule has 1 amide bonds. The van der Waals surface area contributed by atoms with Crippen molar-refractivity contribution >= 4 is 5.91 Å². The third kappa shape index (κ3) is 5.11. The van der Waals surface area contributed by atoms with E-state index in [0.29, 0.717) is 19.5 Å². The first kappa shape index (κ1) is 21.9. The summed E-state index contributed by atoms with van der Waals surface area (Å²) in [6.45, 7) is 6.75. The van der Waals surface area contributed by atoms with Crippen molar-refractivity contribution in [1.82, 2.24) is 20.2 Å². The van der Waals surface area contributed by atoms with E-state index in [1.54, 1.807) is 18.5 Å². The Hall–Kier alpha value is -3.31. The molecule has 1 N–H and O–H groups in total. The number of nitrogens with one attached hydrogen (secondary N) is 1. The number of rotatable bonds is 8. The molecule has 1 fully saturated rings. The van der Waals surface area contributed by atoms with E-state index in [2.05, 4.69) is 57.1 Å². The smallest absolute Gasteiger partial charge is 0.228 e. The lowest BCUT2D eigenvalue weighted by Crippen LogP contribution is -2.53. The van der Waals surface area contributed by atoms with Crippen LogP contribution < -0.4 is 5.32 Å². The monoisotopic (exact) mass is 426 g/mol. The summed E-state index contributed by atoms with van der Waals surface area (Å²) in [6, 6.07) is 16.5. The Morgan fingerprint density at radius 3 is 2.66 bits per heavy atom. The van der Waals surface area contributed by atoms with Gasteiger partial charge in [0, 0.05) is 50.0 Å². The number of benzene rings is 1. The highest BCUT2D eigenvalue weighted by Crippen LogP contribution is 2.37. The molecule has 1 aliphatic rings. The van der Waals surface area contributed by atoms with E-state index >= 15 is 0 Å². The molecule has 1 saturated heterocycles. The summed E-state index contributed by atoms with van der Waals surface area (Å²) >= 11 is 0. The van der Waals surface area contributed by atoms with Gasteiger partial charge in [-0.3, -0.25) is 19.7 Å². The van der Waals surface area contributed by atoms with Crippen LogP contribution in [0.4, 0.5) is 0 Å². The molecule has 0 unspecified atom stereocenters. The lowest BCUT2D eigenvalue weighted by atomic mass is 9.73. The van der Waals surface area contributed by atoms with Crippen LogP contribution in [-0.2, 0) is 17.8 Å². The maximum atomic E-state index is 13.5. The predicted octanol–water partition coefficient (Wildman–Crippen LogP) is 4.27. The molecule has 0 aliphatic carbocycles. The van der Waals surface area contributed by atoms with Crippen LogP contribution in [-0.4, -0.2) is 40.4 Å². The normalized spacial score (nSPS) is 18.8. The highest BCUT2D eigenvalue weighted by molar-refractivity contribution is 5.84. The lowest BCUT2D eigenvalue weighted by molar-refractivity contribution is -0.134. The van der Waals surface area contributed by atoms with Crippen molar-refractivity contribution in [2.24, 2.45) is 5.41 Å². The molecule has 1 aromatic carbocycles. The quantitative estimate of drug-likeness (QED) is 0.547. The second kappa shape index (κ2) is 10.3. The molecule has 32 heavy (non-hydrogen) atoms. The Kier molecular flexibility index (Phi) is 7.07. The van der Waals surface area contributed by atoms with Crippen LogP contribution in [0.3, 0.4) is 0 Å². The van der Waals surface area contributed by atoms with Gasteiger partial charge < -0.3 is 5.32 Å². The Balaban J connectivity index is 1.64. The minimum Gasteiger partial charge on any atom is -0.352 e. The van der Waals surface area contributed by atoms with Crippen LogP contribution >= 0.6 is 0 Å². The first-order chi connectivity index (χ1) is 15.7.